The number of carbonyl (C=O) groups is 2. The highest BCUT2D eigenvalue weighted by atomic mass is 16.5. The maximum Gasteiger partial charge on any atom is 0.354 e. The van der Waals surface area contributed by atoms with Gasteiger partial charge in [-0.2, -0.15) is 0 Å². The summed E-state index contributed by atoms with van der Waals surface area (Å²) >= 11 is 0. The number of esters is 2. The van der Waals surface area contributed by atoms with E-state index in [1.54, 1.807) is 0 Å². The van der Waals surface area contributed by atoms with Crippen molar-refractivity contribution >= 4 is 17.5 Å². The van der Waals surface area contributed by atoms with Crippen molar-refractivity contribution < 1.29 is 19.1 Å². The van der Waals surface area contributed by atoms with Gasteiger partial charge in [0.2, 0.25) is 0 Å². The molecule has 1 aliphatic heterocycles. The van der Waals surface area contributed by atoms with Crippen LogP contribution < -0.4 is 0 Å². The molecule has 0 N–H and O–H groups in total. The van der Waals surface area contributed by atoms with E-state index in [2.05, 4.69) is 30.3 Å². The molecule has 1 aliphatic rings. The number of benzene rings is 4. The third-order valence-corrected chi connectivity index (χ3v) is 7.85. The van der Waals surface area contributed by atoms with Gasteiger partial charge in [-0.1, -0.05) is 127 Å². The Labute approximate surface area is 247 Å². The van der Waals surface area contributed by atoms with Gasteiger partial charge in [0.05, 0.1) is 31.2 Å². The lowest BCUT2D eigenvalue weighted by Crippen LogP contribution is -2.41. The zero-order valence-corrected chi connectivity index (χ0v) is 24.4. The molecule has 0 aliphatic carbocycles. The first kappa shape index (κ1) is 28.6. The number of methoxy groups -OCH3 is 2. The first-order valence-electron chi connectivity index (χ1n) is 14.1. The van der Waals surface area contributed by atoms with E-state index >= 15 is 0 Å². The van der Waals surface area contributed by atoms with Gasteiger partial charge in [0, 0.05) is 6.04 Å². The Hall–Kier alpha value is -4.90. The molecular formula is C37H35NO4. The van der Waals surface area contributed by atoms with Gasteiger partial charge < -0.3 is 14.4 Å². The highest BCUT2D eigenvalue weighted by Crippen LogP contribution is 2.57. The lowest BCUT2D eigenvalue weighted by molar-refractivity contribution is -0.140. The second-order valence-corrected chi connectivity index (χ2v) is 10.5. The minimum Gasteiger partial charge on any atom is -0.466 e. The summed E-state index contributed by atoms with van der Waals surface area (Å²) in [6, 6.07) is 39.5. The molecule has 5 nitrogen and oxygen atoms in total. The Morgan fingerprint density at radius 2 is 1.14 bits per heavy atom. The second kappa shape index (κ2) is 12.3. The van der Waals surface area contributed by atoms with Crippen molar-refractivity contribution in [3.05, 3.63) is 161 Å². The van der Waals surface area contributed by atoms with E-state index in [-0.39, 0.29) is 17.3 Å². The Balaban J connectivity index is 2.02. The van der Waals surface area contributed by atoms with Gasteiger partial charge in [-0.3, -0.25) is 0 Å². The summed E-state index contributed by atoms with van der Waals surface area (Å²) in [6.07, 6.45) is 2.15. The highest BCUT2D eigenvalue weighted by Gasteiger charge is 2.58. The predicted octanol–water partition coefficient (Wildman–Crippen LogP) is 7.12. The number of carbonyl (C=O) groups excluding carboxylic acids is 2. The molecular weight excluding hydrogens is 522 g/mol. The fourth-order valence-electron chi connectivity index (χ4n) is 6.14. The van der Waals surface area contributed by atoms with Gasteiger partial charge in [0.15, 0.2) is 0 Å². The summed E-state index contributed by atoms with van der Waals surface area (Å²) in [5.74, 6) is -1.17. The summed E-state index contributed by atoms with van der Waals surface area (Å²) in [5, 5.41) is 0. The van der Waals surface area contributed by atoms with Crippen LogP contribution in [-0.2, 0) is 24.5 Å². The molecule has 212 valence electrons. The SMILES string of the molecule is COC(=O)C1=C(C(=O)OC)[C@@](C=C(c2ccccc2)c2ccccc2)(c2ccccc2)[C@@H](c2ccccc2)N1C(C)C. The topological polar surface area (TPSA) is 55.8 Å². The number of hydrogen-bond donors (Lipinski definition) is 0. The molecule has 0 fully saturated rings. The average Bonchev–Trinajstić information content (AvgIpc) is 3.36. The molecule has 4 aromatic rings. The van der Waals surface area contributed by atoms with E-state index in [4.69, 9.17) is 9.47 Å². The van der Waals surface area contributed by atoms with Crippen molar-refractivity contribution in [2.24, 2.45) is 0 Å². The number of hydrogen-bond acceptors (Lipinski definition) is 5. The van der Waals surface area contributed by atoms with Crippen molar-refractivity contribution in [1.82, 2.24) is 4.90 Å². The molecule has 0 radical (unpaired) electrons. The zero-order valence-electron chi connectivity index (χ0n) is 24.4. The monoisotopic (exact) mass is 557 g/mol. The van der Waals surface area contributed by atoms with E-state index in [0.717, 1.165) is 27.8 Å². The number of ether oxygens (including phenoxy) is 2. The standard InChI is InChI=1S/C37H35NO4/c1-26(2)38-33(36(40)42-4)32(35(39)41-3)37(30-23-15-8-16-24-30,34(38)29-21-13-7-14-22-29)25-31(27-17-9-5-10-18-27)28-19-11-6-12-20-28/h5-26,34H,1-4H3/t34-,37-/m1/s1. The fourth-order valence-corrected chi connectivity index (χ4v) is 6.14. The maximum atomic E-state index is 14.1. The molecule has 0 saturated carbocycles. The van der Waals surface area contributed by atoms with Crippen molar-refractivity contribution in [3.8, 4) is 0 Å². The molecule has 42 heavy (non-hydrogen) atoms. The molecule has 0 aromatic heterocycles. The summed E-state index contributed by atoms with van der Waals surface area (Å²) in [6.45, 7) is 4.04. The third kappa shape index (κ3) is 5.03. The number of nitrogens with zero attached hydrogens (tertiary/aromatic N) is 1. The predicted molar refractivity (Wildman–Crippen MR) is 165 cm³/mol. The van der Waals surface area contributed by atoms with Gasteiger partial charge in [-0.25, -0.2) is 9.59 Å². The van der Waals surface area contributed by atoms with Crippen LogP contribution in [0.5, 0.6) is 0 Å². The summed E-state index contributed by atoms with van der Waals surface area (Å²) in [7, 11) is 2.70. The number of rotatable bonds is 8. The van der Waals surface area contributed by atoms with Crippen LogP contribution in [0.1, 0.15) is 42.1 Å². The molecule has 2 atom stereocenters. The minimum atomic E-state index is -1.15. The van der Waals surface area contributed by atoms with Crippen LogP contribution in [0.3, 0.4) is 0 Å². The lowest BCUT2D eigenvalue weighted by atomic mass is 9.66. The third-order valence-electron chi connectivity index (χ3n) is 7.85. The molecule has 0 unspecified atom stereocenters. The highest BCUT2D eigenvalue weighted by molar-refractivity contribution is 6.05. The van der Waals surface area contributed by atoms with Gasteiger partial charge in [-0.15, -0.1) is 0 Å². The molecule has 5 heteroatoms. The van der Waals surface area contributed by atoms with Crippen LogP contribution in [0.2, 0.25) is 0 Å². The molecule has 0 spiro atoms. The van der Waals surface area contributed by atoms with E-state index in [1.807, 2.05) is 116 Å². The van der Waals surface area contributed by atoms with Crippen LogP contribution in [0, 0.1) is 0 Å². The van der Waals surface area contributed by atoms with Crippen LogP contribution in [0.4, 0.5) is 0 Å². The Bertz CT molecular complexity index is 1550. The first-order valence-corrected chi connectivity index (χ1v) is 14.1. The van der Waals surface area contributed by atoms with Gasteiger partial charge in [-0.05, 0) is 41.7 Å². The fraction of sp³-hybridized carbons (Fsp3) is 0.189. The minimum absolute atomic E-state index is 0.167. The molecule has 0 bridgehead atoms. The maximum absolute atomic E-state index is 14.1. The lowest BCUT2D eigenvalue weighted by Gasteiger charge is -2.42. The van der Waals surface area contributed by atoms with E-state index in [1.165, 1.54) is 14.2 Å². The van der Waals surface area contributed by atoms with E-state index in [9.17, 15) is 9.59 Å². The average molecular weight is 558 g/mol. The molecule has 0 amide bonds. The van der Waals surface area contributed by atoms with Gasteiger partial charge >= 0.3 is 11.9 Å². The largest absolute Gasteiger partial charge is 0.466 e. The molecule has 4 aromatic carbocycles. The summed E-state index contributed by atoms with van der Waals surface area (Å²) < 4.78 is 10.8. The Morgan fingerprint density at radius 3 is 1.60 bits per heavy atom. The smallest absolute Gasteiger partial charge is 0.354 e. The van der Waals surface area contributed by atoms with Crippen molar-refractivity contribution in [2.75, 3.05) is 14.2 Å². The second-order valence-electron chi connectivity index (χ2n) is 10.5. The summed E-state index contributed by atoms with van der Waals surface area (Å²) in [5.41, 5.74) is 4.00. The van der Waals surface area contributed by atoms with Gasteiger partial charge in [0.1, 0.15) is 5.70 Å². The molecule has 0 saturated heterocycles. The molecule has 5 rings (SSSR count). The summed E-state index contributed by atoms with van der Waals surface area (Å²) in [4.78, 5) is 29.8. The van der Waals surface area contributed by atoms with Crippen LogP contribution in [0.25, 0.3) is 5.57 Å². The van der Waals surface area contributed by atoms with E-state index in [0.29, 0.717) is 0 Å². The Morgan fingerprint density at radius 1 is 0.690 bits per heavy atom. The van der Waals surface area contributed by atoms with Crippen molar-refractivity contribution in [3.63, 3.8) is 0 Å². The van der Waals surface area contributed by atoms with Crippen molar-refractivity contribution in [1.29, 1.82) is 0 Å². The van der Waals surface area contributed by atoms with Crippen LogP contribution >= 0.6 is 0 Å². The van der Waals surface area contributed by atoms with Crippen LogP contribution in [-0.4, -0.2) is 37.1 Å². The first-order chi connectivity index (χ1) is 20.4. The van der Waals surface area contributed by atoms with Crippen LogP contribution in [0.15, 0.2) is 139 Å². The van der Waals surface area contributed by atoms with E-state index < -0.39 is 23.4 Å². The molecule has 1 heterocycles. The van der Waals surface area contributed by atoms with Gasteiger partial charge in [0.25, 0.3) is 0 Å². The Kier molecular flexibility index (Phi) is 8.39. The van der Waals surface area contributed by atoms with Crippen molar-refractivity contribution in [2.45, 2.75) is 31.3 Å². The normalized spacial score (nSPS) is 18.1. The quantitative estimate of drug-likeness (QED) is 0.216. The zero-order chi connectivity index (χ0) is 29.7.